The van der Waals surface area contributed by atoms with E-state index in [9.17, 15) is 4.79 Å². The van der Waals surface area contributed by atoms with Gasteiger partial charge in [0.2, 0.25) is 5.91 Å². The number of halogens is 2. The molecule has 0 radical (unpaired) electrons. The van der Waals surface area contributed by atoms with Gasteiger partial charge in [0, 0.05) is 30.5 Å². The first-order chi connectivity index (χ1) is 13.5. The number of hydrogen-bond donors (Lipinski definition) is 0. The third-order valence-corrected chi connectivity index (χ3v) is 5.81. The van der Waals surface area contributed by atoms with Gasteiger partial charge < -0.3 is 9.32 Å². The number of benzene rings is 2. The minimum absolute atomic E-state index is 0.0889. The Kier molecular flexibility index (Phi) is 5.42. The zero-order valence-corrected chi connectivity index (χ0v) is 17.0. The maximum Gasteiger partial charge on any atom is 0.223 e. The predicted octanol–water partition coefficient (Wildman–Crippen LogP) is 5.73. The molecule has 0 saturated carbocycles. The summed E-state index contributed by atoms with van der Waals surface area (Å²) in [7, 11) is 1.88. The number of hydrogen-bond acceptors (Lipinski definition) is 3. The van der Waals surface area contributed by atoms with Crippen molar-refractivity contribution in [2.45, 2.75) is 31.7 Å². The van der Waals surface area contributed by atoms with Crippen LogP contribution in [-0.4, -0.2) is 22.8 Å². The maximum atomic E-state index is 12.7. The van der Waals surface area contributed by atoms with Gasteiger partial charge in [0.1, 0.15) is 0 Å². The van der Waals surface area contributed by atoms with Crippen molar-refractivity contribution in [3.05, 3.63) is 75.7 Å². The molecule has 144 valence electrons. The Morgan fingerprint density at radius 2 is 2.07 bits per heavy atom. The van der Waals surface area contributed by atoms with E-state index in [1.165, 1.54) is 11.1 Å². The summed E-state index contributed by atoms with van der Waals surface area (Å²) in [4.78, 5) is 18.8. The van der Waals surface area contributed by atoms with Gasteiger partial charge >= 0.3 is 0 Å². The predicted molar refractivity (Wildman–Crippen MR) is 111 cm³/mol. The number of fused-ring (bicyclic) bond motifs is 1. The average molecular weight is 415 g/mol. The monoisotopic (exact) mass is 414 g/mol. The number of nitrogens with zero attached hydrogens (tertiary/aromatic N) is 2. The molecule has 3 aromatic rings. The number of aromatic nitrogens is 1. The quantitative estimate of drug-likeness (QED) is 0.535. The Bertz CT molecular complexity index is 1020. The molecule has 1 unspecified atom stereocenters. The van der Waals surface area contributed by atoms with Crippen molar-refractivity contribution in [2.24, 2.45) is 0 Å². The number of rotatable bonds is 5. The highest BCUT2D eigenvalue weighted by atomic mass is 35.5. The highest BCUT2D eigenvalue weighted by Crippen LogP contribution is 2.35. The largest absolute Gasteiger partial charge is 0.441 e. The second kappa shape index (κ2) is 7.98. The van der Waals surface area contributed by atoms with Gasteiger partial charge in [0.05, 0.1) is 17.3 Å². The van der Waals surface area contributed by atoms with Crippen LogP contribution in [0.5, 0.6) is 0 Å². The number of carbonyl (C=O) groups is 1. The van der Waals surface area contributed by atoms with Crippen LogP contribution in [0.3, 0.4) is 0 Å². The van der Waals surface area contributed by atoms with E-state index in [0.29, 0.717) is 34.5 Å². The van der Waals surface area contributed by atoms with Gasteiger partial charge in [-0.05, 0) is 42.2 Å². The minimum Gasteiger partial charge on any atom is -0.441 e. The molecule has 28 heavy (non-hydrogen) atoms. The highest BCUT2D eigenvalue weighted by Gasteiger charge is 2.28. The zero-order chi connectivity index (χ0) is 19.7. The van der Waals surface area contributed by atoms with E-state index in [4.69, 9.17) is 27.6 Å². The summed E-state index contributed by atoms with van der Waals surface area (Å²) in [5, 5.41) is 1.07. The fourth-order valence-corrected chi connectivity index (χ4v) is 4.24. The lowest BCUT2D eigenvalue weighted by molar-refractivity contribution is -0.132. The molecule has 1 aliphatic carbocycles. The molecule has 1 heterocycles. The smallest absolute Gasteiger partial charge is 0.223 e. The molecule has 6 heteroatoms. The summed E-state index contributed by atoms with van der Waals surface area (Å²) >= 11 is 12.2. The SMILES string of the molecule is CN(C(=O)CCc1ncc(-c2ccc(Cl)cc2Cl)o1)C1CCc2ccccc21. The van der Waals surface area contributed by atoms with E-state index in [0.717, 1.165) is 18.4 Å². The lowest BCUT2D eigenvalue weighted by atomic mass is 10.1. The molecule has 1 aliphatic rings. The summed E-state index contributed by atoms with van der Waals surface area (Å²) in [6.45, 7) is 0. The highest BCUT2D eigenvalue weighted by molar-refractivity contribution is 6.36. The number of oxazole rings is 1. The molecule has 4 nitrogen and oxygen atoms in total. The number of aryl methyl sites for hydroxylation is 2. The van der Waals surface area contributed by atoms with Crippen LogP contribution >= 0.6 is 23.2 Å². The summed E-state index contributed by atoms with van der Waals surface area (Å²) in [6, 6.07) is 13.7. The molecule has 2 aromatic carbocycles. The molecule has 1 atom stereocenters. The van der Waals surface area contributed by atoms with Gasteiger partial charge in [-0.2, -0.15) is 0 Å². The van der Waals surface area contributed by atoms with E-state index >= 15 is 0 Å². The van der Waals surface area contributed by atoms with Crippen LogP contribution in [0.25, 0.3) is 11.3 Å². The first-order valence-corrected chi connectivity index (χ1v) is 10.0. The Hall–Kier alpha value is -2.30. The first-order valence-electron chi connectivity index (χ1n) is 9.26. The van der Waals surface area contributed by atoms with E-state index in [2.05, 4.69) is 23.2 Å². The van der Waals surface area contributed by atoms with Crippen molar-refractivity contribution in [1.82, 2.24) is 9.88 Å². The molecular weight excluding hydrogens is 395 g/mol. The van der Waals surface area contributed by atoms with Gasteiger partial charge in [-0.1, -0.05) is 47.5 Å². The second-order valence-electron chi connectivity index (χ2n) is 7.00. The summed E-state index contributed by atoms with van der Waals surface area (Å²) < 4.78 is 5.79. The summed E-state index contributed by atoms with van der Waals surface area (Å²) in [6.07, 6.45) is 4.42. The van der Waals surface area contributed by atoms with E-state index in [-0.39, 0.29) is 11.9 Å². The second-order valence-corrected chi connectivity index (χ2v) is 7.84. The normalized spacial score (nSPS) is 15.5. The fraction of sp³-hybridized carbons (Fsp3) is 0.273. The van der Waals surface area contributed by atoms with Crippen LogP contribution < -0.4 is 0 Å². The third kappa shape index (κ3) is 3.80. The van der Waals surface area contributed by atoms with Gasteiger partial charge in [0.15, 0.2) is 11.7 Å². The van der Waals surface area contributed by atoms with E-state index in [1.54, 1.807) is 24.4 Å². The summed E-state index contributed by atoms with van der Waals surface area (Å²) in [5.74, 6) is 1.18. The van der Waals surface area contributed by atoms with Crippen LogP contribution in [0.1, 0.15) is 35.9 Å². The van der Waals surface area contributed by atoms with Gasteiger partial charge in [-0.3, -0.25) is 4.79 Å². The molecule has 0 bridgehead atoms. The van der Waals surface area contributed by atoms with Crippen molar-refractivity contribution < 1.29 is 9.21 Å². The van der Waals surface area contributed by atoms with Crippen LogP contribution in [0, 0.1) is 0 Å². The van der Waals surface area contributed by atoms with E-state index < -0.39 is 0 Å². The van der Waals surface area contributed by atoms with Gasteiger partial charge in [0.25, 0.3) is 0 Å². The van der Waals surface area contributed by atoms with E-state index in [1.807, 2.05) is 18.0 Å². The standard InChI is InChI=1S/C22H20Cl2N2O2/c1-26(19-9-6-14-4-2-3-5-16(14)19)22(27)11-10-21-25-13-20(28-21)17-8-7-15(23)12-18(17)24/h2-5,7-8,12-13,19H,6,9-11H2,1H3. The average Bonchev–Trinajstić information content (AvgIpc) is 3.32. The molecule has 0 fully saturated rings. The third-order valence-electron chi connectivity index (χ3n) is 5.26. The maximum absolute atomic E-state index is 12.7. The molecule has 4 rings (SSSR count). The van der Waals surface area contributed by atoms with Crippen LogP contribution in [0.4, 0.5) is 0 Å². The minimum atomic E-state index is 0.0889. The molecule has 0 spiro atoms. The lowest BCUT2D eigenvalue weighted by Crippen LogP contribution is -2.30. The Labute approximate surface area is 174 Å². The van der Waals surface area contributed by atoms with Crippen LogP contribution in [0.2, 0.25) is 10.0 Å². The Morgan fingerprint density at radius 1 is 1.25 bits per heavy atom. The van der Waals surface area contributed by atoms with Gasteiger partial charge in [-0.15, -0.1) is 0 Å². The van der Waals surface area contributed by atoms with Crippen molar-refractivity contribution in [3.63, 3.8) is 0 Å². The van der Waals surface area contributed by atoms with Crippen LogP contribution in [-0.2, 0) is 17.6 Å². The first kappa shape index (κ1) is 19.0. The zero-order valence-electron chi connectivity index (χ0n) is 15.5. The summed E-state index contributed by atoms with van der Waals surface area (Å²) in [5.41, 5.74) is 3.33. The van der Waals surface area contributed by atoms with Crippen molar-refractivity contribution >= 4 is 29.1 Å². The molecule has 0 saturated heterocycles. The lowest BCUT2D eigenvalue weighted by Gasteiger charge is -2.25. The fourth-order valence-electron chi connectivity index (χ4n) is 3.74. The Morgan fingerprint density at radius 3 is 2.89 bits per heavy atom. The Balaban J connectivity index is 1.40. The van der Waals surface area contributed by atoms with Crippen molar-refractivity contribution in [1.29, 1.82) is 0 Å². The number of amides is 1. The molecule has 0 aliphatic heterocycles. The van der Waals surface area contributed by atoms with Crippen molar-refractivity contribution in [2.75, 3.05) is 7.05 Å². The molecular formula is C22H20Cl2N2O2. The molecule has 0 N–H and O–H groups in total. The number of carbonyl (C=O) groups excluding carboxylic acids is 1. The molecule has 1 aromatic heterocycles. The van der Waals surface area contributed by atoms with Crippen molar-refractivity contribution in [3.8, 4) is 11.3 Å². The van der Waals surface area contributed by atoms with Crippen LogP contribution in [0.15, 0.2) is 53.1 Å². The topological polar surface area (TPSA) is 46.3 Å². The van der Waals surface area contributed by atoms with Gasteiger partial charge in [-0.25, -0.2) is 4.98 Å². The molecule has 1 amide bonds.